The molecule has 0 saturated heterocycles. The van der Waals surface area contributed by atoms with Gasteiger partial charge in [-0.3, -0.25) is 0 Å². The van der Waals surface area contributed by atoms with Gasteiger partial charge in [0, 0.05) is 6.04 Å². The van der Waals surface area contributed by atoms with E-state index >= 15 is 0 Å². The van der Waals surface area contributed by atoms with Gasteiger partial charge in [0.1, 0.15) is 0 Å². The molecule has 4 heteroatoms. The third kappa shape index (κ3) is 4.96. The van der Waals surface area contributed by atoms with Crippen molar-refractivity contribution in [3.8, 4) is 0 Å². The number of sulfonamides is 1. The van der Waals surface area contributed by atoms with Gasteiger partial charge in [0.25, 0.3) is 0 Å². The summed E-state index contributed by atoms with van der Waals surface area (Å²) in [5, 5.41) is 0. The maximum atomic E-state index is 12.0. The number of nitrogens with one attached hydrogen (secondary N) is 1. The van der Waals surface area contributed by atoms with Gasteiger partial charge in [-0.05, 0) is 31.7 Å². The fourth-order valence-corrected chi connectivity index (χ4v) is 3.91. The van der Waals surface area contributed by atoms with E-state index < -0.39 is 10.0 Å². The van der Waals surface area contributed by atoms with Crippen LogP contribution in [0.5, 0.6) is 0 Å². The lowest BCUT2D eigenvalue weighted by Crippen LogP contribution is -2.37. The van der Waals surface area contributed by atoms with Gasteiger partial charge in [0.05, 0.1) is 5.75 Å². The van der Waals surface area contributed by atoms with Crippen molar-refractivity contribution in [2.45, 2.75) is 51.5 Å². The van der Waals surface area contributed by atoms with Crippen LogP contribution >= 0.6 is 0 Å². The Morgan fingerprint density at radius 1 is 1.11 bits per heavy atom. The summed E-state index contributed by atoms with van der Waals surface area (Å²) in [6.07, 6.45) is 6.09. The third-order valence-corrected chi connectivity index (χ3v) is 5.17. The van der Waals surface area contributed by atoms with Crippen LogP contribution in [0.4, 0.5) is 0 Å². The molecule has 1 aromatic carbocycles. The Morgan fingerprint density at radius 3 is 2.37 bits per heavy atom. The molecule has 1 N–H and O–H groups in total. The van der Waals surface area contributed by atoms with E-state index in [1.165, 1.54) is 12.0 Å². The molecule has 0 atom stereocenters. The van der Waals surface area contributed by atoms with Crippen molar-refractivity contribution in [2.75, 3.05) is 5.75 Å². The number of benzene rings is 1. The largest absolute Gasteiger partial charge is 0.212 e. The average Bonchev–Trinajstić information content (AvgIpc) is 2.39. The van der Waals surface area contributed by atoms with Crippen LogP contribution in [0.15, 0.2) is 24.3 Å². The van der Waals surface area contributed by atoms with Crippen molar-refractivity contribution in [1.82, 2.24) is 4.72 Å². The van der Waals surface area contributed by atoms with Gasteiger partial charge in [0.2, 0.25) is 10.0 Å². The first-order valence-corrected chi connectivity index (χ1v) is 8.76. The zero-order chi connectivity index (χ0) is 13.7. The topological polar surface area (TPSA) is 46.2 Å². The smallest absolute Gasteiger partial charge is 0.212 e. The van der Waals surface area contributed by atoms with Crippen molar-refractivity contribution in [3.63, 3.8) is 0 Å². The van der Waals surface area contributed by atoms with Gasteiger partial charge < -0.3 is 0 Å². The Morgan fingerprint density at radius 2 is 1.74 bits per heavy atom. The fraction of sp³-hybridized carbons (Fsp3) is 0.600. The van der Waals surface area contributed by atoms with Gasteiger partial charge in [-0.2, -0.15) is 0 Å². The van der Waals surface area contributed by atoms with Crippen LogP contribution in [-0.4, -0.2) is 20.2 Å². The Labute approximate surface area is 116 Å². The quantitative estimate of drug-likeness (QED) is 0.902. The second-order valence-corrected chi connectivity index (χ2v) is 7.38. The fourth-order valence-electron chi connectivity index (χ4n) is 2.54. The van der Waals surface area contributed by atoms with E-state index in [9.17, 15) is 8.42 Å². The minimum absolute atomic E-state index is 0.164. The lowest BCUT2D eigenvalue weighted by molar-refractivity contribution is 0.412. The van der Waals surface area contributed by atoms with Gasteiger partial charge in [-0.1, -0.05) is 49.1 Å². The maximum absolute atomic E-state index is 12.0. The summed E-state index contributed by atoms with van der Waals surface area (Å²) in [6, 6.07) is 8.22. The zero-order valence-electron chi connectivity index (χ0n) is 11.6. The Hall–Kier alpha value is -0.870. The monoisotopic (exact) mass is 281 g/mol. The van der Waals surface area contributed by atoms with E-state index in [4.69, 9.17) is 0 Å². The normalized spacial score (nSPS) is 17.5. The number of aryl methyl sites for hydroxylation is 2. The molecule has 3 nitrogen and oxygen atoms in total. The van der Waals surface area contributed by atoms with E-state index in [0.29, 0.717) is 6.42 Å². The first-order chi connectivity index (χ1) is 9.05. The van der Waals surface area contributed by atoms with Crippen molar-refractivity contribution < 1.29 is 8.42 Å². The molecule has 0 bridgehead atoms. The van der Waals surface area contributed by atoms with Gasteiger partial charge in [-0.25, -0.2) is 13.1 Å². The molecule has 106 valence electrons. The highest BCUT2D eigenvalue weighted by Crippen LogP contribution is 2.18. The van der Waals surface area contributed by atoms with Gasteiger partial charge >= 0.3 is 0 Å². The molecule has 1 aromatic rings. The molecule has 0 heterocycles. The molecule has 1 aliphatic rings. The van der Waals surface area contributed by atoms with Crippen LogP contribution < -0.4 is 4.72 Å². The summed E-state index contributed by atoms with van der Waals surface area (Å²) in [5.74, 6) is 0.187. The summed E-state index contributed by atoms with van der Waals surface area (Å²) in [7, 11) is -3.14. The summed E-state index contributed by atoms with van der Waals surface area (Å²) in [6.45, 7) is 2.03. The van der Waals surface area contributed by atoms with Crippen LogP contribution in [0.1, 0.15) is 43.2 Å². The molecule has 1 fully saturated rings. The Balaban J connectivity index is 1.84. The van der Waals surface area contributed by atoms with Crippen LogP contribution in [0.2, 0.25) is 0 Å². The summed E-state index contributed by atoms with van der Waals surface area (Å²) in [5.41, 5.74) is 2.28. The molecule has 2 rings (SSSR count). The van der Waals surface area contributed by atoms with Crippen LogP contribution in [0.25, 0.3) is 0 Å². The highest BCUT2D eigenvalue weighted by atomic mass is 32.2. The predicted octanol–water partition coefficient (Wildman–Crippen LogP) is 2.79. The number of hydrogen-bond donors (Lipinski definition) is 1. The van der Waals surface area contributed by atoms with Gasteiger partial charge in [0.15, 0.2) is 0 Å². The summed E-state index contributed by atoms with van der Waals surface area (Å²) >= 11 is 0. The molecule has 0 unspecified atom stereocenters. The molecule has 0 aromatic heterocycles. The second-order valence-electron chi connectivity index (χ2n) is 5.51. The van der Waals surface area contributed by atoms with E-state index in [1.807, 2.05) is 31.2 Å². The zero-order valence-corrected chi connectivity index (χ0v) is 12.4. The Bertz CT molecular complexity index is 487. The molecule has 19 heavy (non-hydrogen) atoms. The lowest BCUT2D eigenvalue weighted by atomic mass is 9.96. The van der Waals surface area contributed by atoms with E-state index in [0.717, 1.165) is 31.2 Å². The molecule has 0 radical (unpaired) electrons. The van der Waals surface area contributed by atoms with Crippen LogP contribution in [0.3, 0.4) is 0 Å². The summed E-state index contributed by atoms with van der Waals surface area (Å²) in [4.78, 5) is 0. The van der Waals surface area contributed by atoms with Crippen LogP contribution in [0, 0.1) is 6.92 Å². The highest BCUT2D eigenvalue weighted by Gasteiger charge is 2.19. The van der Waals surface area contributed by atoms with Gasteiger partial charge in [-0.15, -0.1) is 0 Å². The average molecular weight is 281 g/mol. The molecular weight excluding hydrogens is 258 g/mol. The third-order valence-electron chi connectivity index (χ3n) is 3.73. The molecule has 0 aliphatic heterocycles. The van der Waals surface area contributed by atoms with Crippen molar-refractivity contribution >= 4 is 10.0 Å². The number of rotatable bonds is 5. The number of hydrogen-bond acceptors (Lipinski definition) is 2. The maximum Gasteiger partial charge on any atom is 0.212 e. The molecule has 0 spiro atoms. The van der Waals surface area contributed by atoms with Crippen LogP contribution in [-0.2, 0) is 16.4 Å². The van der Waals surface area contributed by atoms with E-state index in [1.54, 1.807) is 0 Å². The predicted molar refractivity (Wildman–Crippen MR) is 78.7 cm³/mol. The first-order valence-electron chi connectivity index (χ1n) is 7.11. The van der Waals surface area contributed by atoms with E-state index in [-0.39, 0.29) is 11.8 Å². The van der Waals surface area contributed by atoms with Crippen molar-refractivity contribution in [3.05, 3.63) is 35.4 Å². The standard InChI is InChI=1S/C15H23NO2S/c1-13-7-9-14(10-8-13)11-12-19(17,18)16-15-5-3-2-4-6-15/h7-10,15-16H,2-6,11-12H2,1H3. The summed E-state index contributed by atoms with van der Waals surface area (Å²) < 4.78 is 26.9. The lowest BCUT2D eigenvalue weighted by Gasteiger charge is -2.22. The second kappa shape index (κ2) is 6.53. The van der Waals surface area contributed by atoms with E-state index in [2.05, 4.69) is 4.72 Å². The Kier molecular flexibility index (Phi) is 4.99. The molecule has 1 aliphatic carbocycles. The van der Waals surface area contributed by atoms with Crippen molar-refractivity contribution in [1.29, 1.82) is 0 Å². The minimum Gasteiger partial charge on any atom is -0.212 e. The molecule has 0 amide bonds. The first kappa shape index (κ1) is 14.5. The van der Waals surface area contributed by atoms with Crippen molar-refractivity contribution in [2.24, 2.45) is 0 Å². The molecule has 1 saturated carbocycles. The molecular formula is C15H23NO2S. The minimum atomic E-state index is -3.14. The SMILES string of the molecule is Cc1ccc(CCS(=O)(=O)NC2CCCCC2)cc1. The highest BCUT2D eigenvalue weighted by molar-refractivity contribution is 7.89.